The highest BCUT2D eigenvalue weighted by Crippen LogP contribution is 2.19. The fourth-order valence-corrected chi connectivity index (χ4v) is 2.10. The minimum Gasteiger partial charge on any atom is -0.360 e. The summed E-state index contributed by atoms with van der Waals surface area (Å²) < 4.78 is 5.02. The van der Waals surface area contributed by atoms with Crippen LogP contribution in [0.3, 0.4) is 0 Å². The molecule has 0 radical (unpaired) electrons. The molecule has 3 rings (SSSR count). The zero-order valence-corrected chi connectivity index (χ0v) is 12.7. The highest BCUT2D eigenvalue weighted by molar-refractivity contribution is 5.59. The number of anilines is 4. The molecule has 0 atom stereocenters. The Kier molecular flexibility index (Phi) is 3.74. The normalized spacial score (nSPS) is 10.5. The fourth-order valence-electron chi connectivity index (χ4n) is 2.10. The van der Waals surface area contributed by atoms with Gasteiger partial charge in [0.25, 0.3) is 0 Å². The highest BCUT2D eigenvalue weighted by Gasteiger charge is 2.06. The second-order valence-corrected chi connectivity index (χ2v) is 5.16. The van der Waals surface area contributed by atoms with Gasteiger partial charge in [0.2, 0.25) is 5.95 Å². The maximum atomic E-state index is 5.02. The van der Waals surface area contributed by atoms with Crippen molar-refractivity contribution >= 4 is 23.3 Å². The van der Waals surface area contributed by atoms with Crippen LogP contribution in [0.25, 0.3) is 0 Å². The van der Waals surface area contributed by atoms with Gasteiger partial charge in [0.1, 0.15) is 11.6 Å². The predicted molar refractivity (Wildman–Crippen MR) is 85.8 cm³/mol. The Morgan fingerprint density at radius 2 is 1.77 bits per heavy atom. The van der Waals surface area contributed by atoms with E-state index in [-0.39, 0.29) is 0 Å². The van der Waals surface area contributed by atoms with Crippen LogP contribution in [-0.4, -0.2) is 15.1 Å². The molecule has 2 N–H and O–H groups in total. The van der Waals surface area contributed by atoms with E-state index in [4.69, 9.17) is 4.52 Å². The van der Waals surface area contributed by atoms with Crippen LogP contribution in [0.2, 0.25) is 0 Å². The van der Waals surface area contributed by atoms with Gasteiger partial charge < -0.3 is 15.2 Å². The Morgan fingerprint density at radius 1 is 0.909 bits per heavy atom. The van der Waals surface area contributed by atoms with E-state index >= 15 is 0 Å². The Labute approximate surface area is 128 Å². The molecule has 0 unspecified atom stereocenters. The third kappa shape index (κ3) is 3.41. The summed E-state index contributed by atoms with van der Waals surface area (Å²) in [6, 6.07) is 11.8. The van der Waals surface area contributed by atoms with Crippen molar-refractivity contribution < 1.29 is 4.52 Å². The fraction of sp³-hybridized carbons (Fsp3) is 0.188. The summed E-state index contributed by atoms with van der Waals surface area (Å²) in [4.78, 5) is 8.80. The van der Waals surface area contributed by atoms with Crippen LogP contribution >= 0.6 is 0 Å². The first-order valence-electron chi connectivity index (χ1n) is 6.98. The van der Waals surface area contributed by atoms with Crippen molar-refractivity contribution in [2.24, 2.45) is 0 Å². The van der Waals surface area contributed by atoms with Crippen molar-refractivity contribution in [3.05, 3.63) is 53.4 Å². The zero-order chi connectivity index (χ0) is 15.5. The van der Waals surface area contributed by atoms with Crippen molar-refractivity contribution in [2.45, 2.75) is 20.8 Å². The van der Waals surface area contributed by atoms with Gasteiger partial charge >= 0.3 is 0 Å². The molecule has 2 aromatic heterocycles. The SMILES string of the molecule is Cc1cccc(Nc2cc(C)nc(Nc3cc(C)on3)n2)c1. The van der Waals surface area contributed by atoms with Crippen LogP contribution in [0.4, 0.5) is 23.3 Å². The van der Waals surface area contributed by atoms with E-state index in [1.54, 1.807) is 6.07 Å². The molecule has 0 spiro atoms. The summed E-state index contributed by atoms with van der Waals surface area (Å²) in [6.07, 6.45) is 0. The van der Waals surface area contributed by atoms with Crippen molar-refractivity contribution in [2.75, 3.05) is 10.6 Å². The van der Waals surface area contributed by atoms with Gasteiger partial charge in [-0.25, -0.2) is 4.98 Å². The van der Waals surface area contributed by atoms with Crippen molar-refractivity contribution in [3.8, 4) is 0 Å². The van der Waals surface area contributed by atoms with E-state index in [0.717, 1.165) is 23.0 Å². The molecule has 0 saturated heterocycles. The molecule has 22 heavy (non-hydrogen) atoms. The third-order valence-electron chi connectivity index (χ3n) is 3.01. The second-order valence-electron chi connectivity index (χ2n) is 5.16. The van der Waals surface area contributed by atoms with Crippen molar-refractivity contribution in [3.63, 3.8) is 0 Å². The van der Waals surface area contributed by atoms with E-state index in [2.05, 4.69) is 44.8 Å². The maximum absolute atomic E-state index is 5.02. The van der Waals surface area contributed by atoms with E-state index in [1.165, 1.54) is 5.56 Å². The summed E-state index contributed by atoms with van der Waals surface area (Å²) >= 11 is 0. The standard InChI is InChI=1S/C16H17N5O/c1-10-5-4-6-13(7-10)18-14-8-11(2)17-16(19-14)20-15-9-12(3)22-21-15/h4-9H,1-3H3,(H2,17,18,19,20,21). The highest BCUT2D eigenvalue weighted by atomic mass is 16.5. The Balaban J connectivity index is 1.83. The van der Waals surface area contributed by atoms with Crippen LogP contribution < -0.4 is 10.6 Å². The average Bonchev–Trinajstić information content (AvgIpc) is 2.83. The van der Waals surface area contributed by atoms with E-state index in [0.29, 0.717) is 11.8 Å². The summed E-state index contributed by atoms with van der Waals surface area (Å²) in [5.41, 5.74) is 3.03. The van der Waals surface area contributed by atoms with Crippen molar-refractivity contribution in [1.82, 2.24) is 15.1 Å². The molecular formula is C16H17N5O. The largest absolute Gasteiger partial charge is 0.360 e. The number of aryl methyl sites for hydroxylation is 3. The molecule has 0 aliphatic rings. The van der Waals surface area contributed by atoms with Gasteiger partial charge in [-0.2, -0.15) is 4.98 Å². The minimum absolute atomic E-state index is 0.475. The summed E-state index contributed by atoms with van der Waals surface area (Å²) in [5, 5.41) is 10.2. The lowest BCUT2D eigenvalue weighted by Gasteiger charge is -2.09. The number of aromatic nitrogens is 3. The molecular weight excluding hydrogens is 278 g/mol. The molecule has 3 aromatic rings. The molecule has 0 bridgehead atoms. The Morgan fingerprint density at radius 3 is 2.50 bits per heavy atom. The minimum atomic E-state index is 0.475. The maximum Gasteiger partial charge on any atom is 0.230 e. The average molecular weight is 295 g/mol. The molecule has 112 valence electrons. The molecule has 0 aliphatic heterocycles. The van der Waals surface area contributed by atoms with E-state index < -0.39 is 0 Å². The lowest BCUT2D eigenvalue weighted by Crippen LogP contribution is -2.02. The molecule has 0 fully saturated rings. The lowest BCUT2D eigenvalue weighted by atomic mass is 10.2. The van der Waals surface area contributed by atoms with Gasteiger partial charge in [-0.3, -0.25) is 0 Å². The van der Waals surface area contributed by atoms with Crippen LogP contribution in [0.5, 0.6) is 0 Å². The van der Waals surface area contributed by atoms with Gasteiger partial charge in [-0.1, -0.05) is 17.3 Å². The Bertz CT molecular complexity index is 797. The third-order valence-corrected chi connectivity index (χ3v) is 3.01. The zero-order valence-electron chi connectivity index (χ0n) is 12.7. The van der Waals surface area contributed by atoms with Crippen LogP contribution in [0.15, 0.2) is 40.9 Å². The molecule has 2 heterocycles. The second kappa shape index (κ2) is 5.85. The molecule has 6 nitrogen and oxygen atoms in total. The summed E-state index contributed by atoms with van der Waals surface area (Å²) in [5.74, 6) is 2.52. The lowest BCUT2D eigenvalue weighted by molar-refractivity contribution is 0.400. The first-order chi connectivity index (χ1) is 10.6. The summed E-state index contributed by atoms with van der Waals surface area (Å²) in [6.45, 7) is 5.80. The molecule has 1 aromatic carbocycles. The molecule has 0 amide bonds. The quantitative estimate of drug-likeness (QED) is 0.760. The van der Waals surface area contributed by atoms with Crippen LogP contribution in [0, 0.1) is 20.8 Å². The van der Waals surface area contributed by atoms with Gasteiger partial charge in [0, 0.05) is 23.5 Å². The number of hydrogen-bond acceptors (Lipinski definition) is 6. The Hall–Kier alpha value is -2.89. The number of nitrogens with one attached hydrogen (secondary N) is 2. The topological polar surface area (TPSA) is 75.9 Å². The van der Waals surface area contributed by atoms with E-state index in [9.17, 15) is 0 Å². The first kappa shape index (κ1) is 14.1. The molecule has 6 heteroatoms. The van der Waals surface area contributed by atoms with Crippen molar-refractivity contribution in [1.29, 1.82) is 0 Å². The first-order valence-corrected chi connectivity index (χ1v) is 6.98. The number of hydrogen-bond donors (Lipinski definition) is 2. The number of nitrogens with zero attached hydrogens (tertiary/aromatic N) is 3. The molecule has 0 saturated carbocycles. The van der Waals surface area contributed by atoms with Crippen LogP contribution in [0.1, 0.15) is 17.0 Å². The van der Waals surface area contributed by atoms with Gasteiger partial charge in [0.15, 0.2) is 5.82 Å². The molecule has 0 aliphatic carbocycles. The number of benzene rings is 1. The van der Waals surface area contributed by atoms with Crippen LogP contribution in [-0.2, 0) is 0 Å². The monoisotopic (exact) mass is 295 g/mol. The van der Waals surface area contributed by atoms with Gasteiger partial charge in [0.05, 0.1) is 0 Å². The summed E-state index contributed by atoms with van der Waals surface area (Å²) in [7, 11) is 0. The van der Waals surface area contributed by atoms with Gasteiger partial charge in [-0.15, -0.1) is 0 Å². The van der Waals surface area contributed by atoms with Gasteiger partial charge in [-0.05, 0) is 38.5 Å². The number of rotatable bonds is 4. The predicted octanol–water partition coefficient (Wildman–Crippen LogP) is 3.88. The smallest absolute Gasteiger partial charge is 0.230 e. The van der Waals surface area contributed by atoms with E-state index in [1.807, 2.05) is 32.0 Å².